The molecular weight excluding hydrogens is 339 g/mol. The number of hydrogen-bond acceptors (Lipinski definition) is 2. The van der Waals surface area contributed by atoms with Crippen LogP contribution in [-0.4, -0.2) is 11.7 Å². The second kappa shape index (κ2) is 6.75. The van der Waals surface area contributed by atoms with Gasteiger partial charge in [0.2, 0.25) is 0 Å². The summed E-state index contributed by atoms with van der Waals surface area (Å²) < 4.78 is 6.93. The highest BCUT2D eigenvalue weighted by atomic mass is 127. The van der Waals surface area contributed by atoms with Gasteiger partial charge in [0.15, 0.2) is 0 Å². The third-order valence-corrected chi connectivity index (χ3v) is 3.36. The summed E-state index contributed by atoms with van der Waals surface area (Å²) in [7, 11) is 0. The van der Waals surface area contributed by atoms with Crippen LogP contribution in [0.2, 0.25) is 0 Å². The maximum absolute atomic E-state index is 8.83. The highest BCUT2D eigenvalue weighted by molar-refractivity contribution is 14.1. The lowest BCUT2D eigenvalue weighted by molar-refractivity contribution is 0.298. The molecule has 0 unspecified atom stereocenters. The molecule has 0 spiro atoms. The smallest absolute Gasteiger partial charge is 0.119 e. The molecular formula is C15H15IO2. The minimum absolute atomic E-state index is 0.183. The fourth-order valence-corrected chi connectivity index (χ4v) is 1.99. The Bertz CT molecular complexity index is 477. The largest absolute Gasteiger partial charge is 0.489 e. The van der Waals surface area contributed by atoms with Crippen LogP contribution in [0.25, 0.3) is 0 Å². The summed E-state index contributed by atoms with van der Waals surface area (Å²) in [6, 6.07) is 16.1. The van der Waals surface area contributed by atoms with E-state index in [-0.39, 0.29) is 6.61 Å². The molecule has 18 heavy (non-hydrogen) atoms. The normalized spacial score (nSPS) is 10.3. The Hall–Kier alpha value is -1.07. The number of aliphatic hydroxyl groups is 1. The first-order valence-electron chi connectivity index (χ1n) is 5.85. The first kappa shape index (κ1) is 13.4. The van der Waals surface area contributed by atoms with E-state index < -0.39 is 0 Å². The van der Waals surface area contributed by atoms with Gasteiger partial charge in [-0.3, -0.25) is 0 Å². The fourth-order valence-electron chi connectivity index (χ4n) is 1.63. The van der Waals surface area contributed by atoms with Crippen molar-refractivity contribution in [2.24, 2.45) is 0 Å². The summed E-state index contributed by atoms with van der Waals surface area (Å²) in [5.74, 6) is 0.857. The van der Waals surface area contributed by atoms with Crippen molar-refractivity contribution in [3.05, 3.63) is 63.2 Å². The summed E-state index contributed by atoms with van der Waals surface area (Å²) in [4.78, 5) is 0. The van der Waals surface area contributed by atoms with Crippen molar-refractivity contribution in [1.82, 2.24) is 0 Å². The molecule has 0 aliphatic heterocycles. The number of ether oxygens (including phenoxy) is 1. The predicted octanol–water partition coefficient (Wildman–Crippen LogP) is 3.41. The molecule has 0 bridgehead atoms. The number of aliphatic hydroxyl groups excluding tert-OH is 1. The van der Waals surface area contributed by atoms with Gasteiger partial charge in [-0.2, -0.15) is 0 Å². The Labute approximate surface area is 121 Å². The lowest BCUT2D eigenvalue weighted by Gasteiger charge is -2.07. The second-order valence-electron chi connectivity index (χ2n) is 4.03. The number of rotatable bonds is 5. The van der Waals surface area contributed by atoms with Gasteiger partial charge in [0.1, 0.15) is 12.4 Å². The van der Waals surface area contributed by atoms with E-state index in [0.717, 1.165) is 16.9 Å². The molecule has 0 saturated heterocycles. The van der Waals surface area contributed by atoms with Gasteiger partial charge in [-0.15, -0.1) is 0 Å². The summed E-state index contributed by atoms with van der Waals surface area (Å²) >= 11 is 2.29. The molecule has 3 heteroatoms. The zero-order valence-electron chi connectivity index (χ0n) is 9.97. The van der Waals surface area contributed by atoms with Crippen LogP contribution in [0, 0.1) is 3.57 Å². The molecule has 1 N–H and O–H groups in total. The van der Waals surface area contributed by atoms with Crippen molar-refractivity contribution in [3.63, 3.8) is 0 Å². The van der Waals surface area contributed by atoms with Crippen molar-refractivity contribution in [3.8, 4) is 5.75 Å². The van der Waals surface area contributed by atoms with Crippen LogP contribution < -0.4 is 4.74 Å². The molecule has 2 nitrogen and oxygen atoms in total. The Morgan fingerprint density at radius 3 is 2.11 bits per heavy atom. The number of benzene rings is 2. The van der Waals surface area contributed by atoms with Crippen molar-refractivity contribution in [2.45, 2.75) is 13.0 Å². The molecule has 2 aromatic carbocycles. The highest BCUT2D eigenvalue weighted by Crippen LogP contribution is 2.15. The van der Waals surface area contributed by atoms with Crippen LogP contribution in [-0.2, 0) is 13.0 Å². The summed E-state index contributed by atoms with van der Waals surface area (Å²) in [5.41, 5.74) is 2.29. The quantitative estimate of drug-likeness (QED) is 0.834. The zero-order valence-corrected chi connectivity index (χ0v) is 12.1. The molecule has 0 saturated carbocycles. The minimum atomic E-state index is 0.183. The summed E-state index contributed by atoms with van der Waals surface area (Å²) in [6.07, 6.45) is 0.692. The first-order valence-corrected chi connectivity index (χ1v) is 6.93. The van der Waals surface area contributed by atoms with Gasteiger partial charge in [-0.25, -0.2) is 0 Å². The van der Waals surface area contributed by atoms with E-state index in [1.54, 1.807) is 0 Å². The van der Waals surface area contributed by atoms with Crippen molar-refractivity contribution in [1.29, 1.82) is 0 Å². The molecule has 0 fully saturated rings. The molecule has 0 aromatic heterocycles. The topological polar surface area (TPSA) is 29.5 Å². The van der Waals surface area contributed by atoms with E-state index in [4.69, 9.17) is 9.84 Å². The van der Waals surface area contributed by atoms with Gasteiger partial charge in [-0.1, -0.05) is 24.3 Å². The maximum atomic E-state index is 8.83. The monoisotopic (exact) mass is 354 g/mol. The first-order chi connectivity index (χ1) is 8.78. The molecule has 0 heterocycles. The molecule has 2 rings (SSSR count). The van der Waals surface area contributed by atoms with E-state index in [9.17, 15) is 0 Å². The van der Waals surface area contributed by atoms with Gasteiger partial charge in [0.25, 0.3) is 0 Å². The lowest BCUT2D eigenvalue weighted by Crippen LogP contribution is -1.96. The van der Waals surface area contributed by atoms with Gasteiger partial charge >= 0.3 is 0 Å². The lowest BCUT2D eigenvalue weighted by atomic mass is 10.1. The average Bonchev–Trinajstić information content (AvgIpc) is 2.40. The van der Waals surface area contributed by atoms with Crippen LogP contribution in [0.1, 0.15) is 11.1 Å². The van der Waals surface area contributed by atoms with Gasteiger partial charge < -0.3 is 9.84 Å². The van der Waals surface area contributed by atoms with Crippen LogP contribution in [0.15, 0.2) is 48.5 Å². The van der Waals surface area contributed by atoms with Gasteiger partial charge in [0.05, 0.1) is 0 Å². The van der Waals surface area contributed by atoms with Crippen molar-refractivity contribution >= 4 is 22.6 Å². The SMILES string of the molecule is OCCc1ccc(OCc2ccc(I)cc2)cc1. The molecule has 0 aliphatic carbocycles. The van der Waals surface area contributed by atoms with E-state index in [2.05, 4.69) is 46.9 Å². The Morgan fingerprint density at radius 2 is 1.50 bits per heavy atom. The highest BCUT2D eigenvalue weighted by Gasteiger charge is 1.97. The molecule has 2 aromatic rings. The van der Waals surface area contributed by atoms with Crippen LogP contribution in [0.4, 0.5) is 0 Å². The Morgan fingerprint density at radius 1 is 0.889 bits per heavy atom. The van der Waals surface area contributed by atoms with Gasteiger partial charge in [-0.05, 0) is 64.4 Å². The Balaban J connectivity index is 1.91. The zero-order chi connectivity index (χ0) is 12.8. The van der Waals surface area contributed by atoms with Crippen molar-refractivity contribution in [2.75, 3.05) is 6.61 Å². The molecule has 0 radical (unpaired) electrons. The van der Waals surface area contributed by atoms with Crippen LogP contribution in [0.5, 0.6) is 5.75 Å². The molecule has 94 valence electrons. The van der Waals surface area contributed by atoms with E-state index in [1.807, 2.05) is 24.3 Å². The average molecular weight is 354 g/mol. The second-order valence-corrected chi connectivity index (χ2v) is 5.28. The van der Waals surface area contributed by atoms with E-state index in [1.165, 1.54) is 3.57 Å². The van der Waals surface area contributed by atoms with Crippen molar-refractivity contribution < 1.29 is 9.84 Å². The molecule has 0 amide bonds. The van der Waals surface area contributed by atoms with Crippen LogP contribution >= 0.6 is 22.6 Å². The fraction of sp³-hybridized carbons (Fsp3) is 0.200. The molecule has 0 aliphatic rings. The third-order valence-electron chi connectivity index (χ3n) is 2.64. The molecule has 0 atom stereocenters. The third kappa shape index (κ3) is 3.99. The summed E-state index contributed by atoms with van der Waals surface area (Å²) in [6.45, 7) is 0.763. The number of halogens is 1. The van der Waals surface area contributed by atoms with Gasteiger partial charge in [0, 0.05) is 10.2 Å². The van der Waals surface area contributed by atoms with E-state index >= 15 is 0 Å². The predicted molar refractivity (Wildman–Crippen MR) is 80.7 cm³/mol. The Kier molecular flexibility index (Phi) is 5.01. The maximum Gasteiger partial charge on any atom is 0.119 e. The minimum Gasteiger partial charge on any atom is -0.489 e. The van der Waals surface area contributed by atoms with E-state index in [0.29, 0.717) is 13.0 Å². The summed E-state index contributed by atoms with van der Waals surface area (Å²) in [5, 5.41) is 8.83. The number of hydrogen-bond donors (Lipinski definition) is 1. The van der Waals surface area contributed by atoms with Crippen LogP contribution in [0.3, 0.4) is 0 Å². The standard InChI is InChI=1S/C15H15IO2/c16-14-5-1-13(2-6-14)11-18-15-7-3-12(4-8-15)9-10-17/h1-8,17H,9-11H2.